The second-order valence-corrected chi connectivity index (χ2v) is 12.5. The monoisotopic (exact) mass is 574 g/mol. The van der Waals surface area contributed by atoms with Crippen LogP contribution in [0, 0.1) is 19.8 Å². The molecule has 232 valence electrons. The first kappa shape index (κ1) is 35.9. The molecule has 1 rings (SSSR count). The number of benzene rings is 1. The molecule has 4 amide bonds. The van der Waals surface area contributed by atoms with E-state index < -0.39 is 35.6 Å². The van der Waals surface area contributed by atoms with Crippen molar-refractivity contribution in [3.8, 4) is 0 Å². The van der Waals surface area contributed by atoms with Crippen LogP contribution in [0.25, 0.3) is 0 Å². The number of rotatable bonds is 16. The smallest absolute Gasteiger partial charge is 0.408 e. The minimum absolute atomic E-state index is 0.0153. The average Bonchev–Trinajstić information content (AvgIpc) is 2.85. The zero-order valence-electron chi connectivity index (χ0n) is 26.8. The van der Waals surface area contributed by atoms with Crippen molar-refractivity contribution in [2.75, 3.05) is 6.54 Å². The molecule has 0 saturated carbocycles. The largest absolute Gasteiger partial charge is 0.444 e. The minimum atomic E-state index is -1.11. The molecule has 0 heterocycles. The Hall–Kier alpha value is -3.10. The summed E-state index contributed by atoms with van der Waals surface area (Å²) in [6.45, 7) is 17.9. The zero-order valence-corrected chi connectivity index (χ0v) is 26.8. The van der Waals surface area contributed by atoms with E-state index in [9.17, 15) is 19.2 Å². The molecule has 9 heteroatoms. The van der Waals surface area contributed by atoms with E-state index in [1.54, 1.807) is 25.7 Å². The summed E-state index contributed by atoms with van der Waals surface area (Å²) >= 11 is 0. The van der Waals surface area contributed by atoms with Crippen molar-refractivity contribution >= 4 is 23.8 Å². The third kappa shape index (κ3) is 13.0. The number of alkyl carbamates (subject to hydrolysis) is 1. The Labute approximate surface area is 247 Å². The van der Waals surface area contributed by atoms with Crippen LogP contribution in [-0.2, 0) is 19.1 Å². The highest BCUT2D eigenvalue weighted by Gasteiger charge is 2.39. The minimum Gasteiger partial charge on any atom is -0.444 e. The molecule has 0 aliphatic rings. The molecule has 1 aromatic carbocycles. The SMILES string of the molecule is CCCCCNC(=O)C(c1ccc(C)cc1C)N(C(=O)C(CCC(N)=O)NC(=O)OC(C)(C)C)C(C)CCC(C)C. The van der Waals surface area contributed by atoms with Gasteiger partial charge in [0, 0.05) is 19.0 Å². The van der Waals surface area contributed by atoms with Gasteiger partial charge in [0.25, 0.3) is 0 Å². The maximum absolute atomic E-state index is 14.4. The molecule has 0 bridgehead atoms. The van der Waals surface area contributed by atoms with Crippen molar-refractivity contribution in [3.05, 3.63) is 34.9 Å². The van der Waals surface area contributed by atoms with E-state index in [1.807, 2.05) is 39.0 Å². The molecule has 3 unspecified atom stereocenters. The van der Waals surface area contributed by atoms with E-state index in [4.69, 9.17) is 10.5 Å². The highest BCUT2D eigenvalue weighted by molar-refractivity contribution is 5.93. The Morgan fingerprint density at radius 2 is 1.66 bits per heavy atom. The number of primary amides is 1. The highest BCUT2D eigenvalue weighted by Crippen LogP contribution is 2.30. The molecular formula is C32H54N4O5. The number of amides is 4. The Kier molecular flexibility index (Phi) is 14.9. The van der Waals surface area contributed by atoms with Crippen molar-refractivity contribution in [3.63, 3.8) is 0 Å². The standard InChI is InChI=1S/C32H54N4O5/c1-10-11-12-19-34-29(38)28(25-16-14-22(4)20-23(25)5)36(24(6)15-13-21(2)3)30(39)26(17-18-27(33)37)35-31(40)41-32(7,8)9/h14,16,20-21,24,26,28H,10-13,15,17-19H2,1-9H3,(H2,33,37)(H,34,38)(H,35,40). The summed E-state index contributed by atoms with van der Waals surface area (Å²) in [6.07, 6.45) is 3.43. The third-order valence-electron chi connectivity index (χ3n) is 6.89. The van der Waals surface area contributed by atoms with Gasteiger partial charge in [0.15, 0.2) is 0 Å². The van der Waals surface area contributed by atoms with Gasteiger partial charge in [0.2, 0.25) is 17.7 Å². The number of aryl methyl sites for hydroxylation is 2. The molecule has 0 aliphatic carbocycles. The molecule has 0 radical (unpaired) electrons. The fourth-order valence-electron chi connectivity index (χ4n) is 4.72. The van der Waals surface area contributed by atoms with Crippen molar-refractivity contribution in [2.45, 2.75) is 131 Å². The van der Waals surface area contributed by atoms with E-state index in [1.165, 1.54) is 0 Å². The maximum atomic E-state index is 14.4. The molecule has 0 aromatic heterocycles. The number of nitrogens with one attached hydrogen (secondary N) is 2. The number of hydrogen-bond donors (Lipinski definition) is 3. The van der Waals surface area contributed by atoms with Gasteiger partial charge in [-0.3, -0.25) is 14.4 Å². The molecule has 9 nitrogen and oxygen atoms in total. The van der Waals surface area contributed by atoms with Gasteiger partial charge in [0.05, 0.1) is 0 Å². The summed E-state index contributed by atoms with van der Waals surface area (Å²) in [5.41, 5.74) is 7.30. The van der Waals surface area contributed by atoms with E-state index in [0.29, 0.717) is 18.9 Å². The molecule has 4 N–H and O–H groups in total. The van der Waals surface area contributed by atoms with Gasteiger partial charge in [-0.25, -0.2) is 4.79 Å². The van der Waals surface area contributed by atoms with Gasteiger partial charge in [-0.1, -0.05) is 57.4 Å². The van der Waals surface area contributed by atoms with Crippen molar-refractivity contribution < 1.29 is 23.9 Å². The quantitative estimate of drug-likeness (QED) is 0.226. The molecule has 0 aliphatic heterocycles. The van der Waals surface area contributed by atoms with Crippen LogP contribution in [0.2, 0.25) is 0 Å². The van der Waals surface area contributed by atoms with Crippen LogP contribution in [-0.4, -0.2) is 52.9 Å². The first-order valence-electron chi connectivity index (χ1n) is 15.0. The summed E-state index contributed by atoms with van der Waals surface area (Å²) < 4.78 is 5.43. The van der Waals surface area contributed by atoms with Gasteiger partial charge in [-0.2, -0.15) is 0 Å². The number of unbranched alkanes of at least 4 members (excludes halogenated alkanes) is 2. The summed E-state index contributed by atoms with van der Waals surface area (Å²) in [7, 11) is 0. The van der Waals surface area contributed by atoms with Crippen molar-refractivity contribution in [2.24, 2.45) is 11.7 Å². The number of carbonyl (C=O) groups is 4. The van der Waals surface area contributed by atoms with Crippen molar-refractivity contribution in [1.82, 2.24) is 15.5 Å². The molecule has 0 spiro atoms. The molecule has 3 atom stereocenters. The molecule has 0 fully saturated rings. The molecule has 41 heavy (non-hydrogen) atoms. The highest BCUT2D eigenvalue weighted by atomic mass is 16.6. The fourth-order valence-corrected chi connectivity index (χ4v) is 4.72. The van der Waals surface area contributed by atoms with Gasteiger partial charge >= 0.3 is 6.09 Å². The van der Waals surface area contributed by atoms with Gasteiger partial charge in [-0.05, 0) is 84.3 Å². The second-order valence-electron chi connectivity index (χ2n) is 12.5. The molecule has 1 aromatic rings. The van der Waals surface area contributed by atoms with E-state index in [-0.39, 0.29) is 24.8 Å². The summed E-state index contributed by atoms with van der Waals surface area (Å²) in [4.78, 5) is 54.5. The Balaban J connectivity index is 3.66. The van der Waals surface area contributed by atoms with E-state index in [2.05, 4.69) is 31.4 Å². The first-order valence-corrected chi connectivity index (χ1v) is 15.0. The van der Waals surface area contributed by atoms with Gasteiger partial charge < -0.3 is 26.0 Å². The van der Waals surface area contributed by atoms with Crippen LogP contribution in [0.5, 0.6) is 0 Å². The third-order valence-corrected chi connectivity index (χ3v) is 6.89. The predicted octanol–water partition coefficient (Wildman–Crippen LogP) is 5.46. The second kappa shape index (κ2) is 17.0. The lowest BCUT2D eigenvalue weighted by Crippen LogP contribution is -2.56. The first-order chi connectivity index (χ1) is 19.1. The molecular weight excluding hydrogens is 520 g/mol. The maximum Gasteiger partial charge on any atom is 0.408 e. The molecule has 0 saturated heterocycles. The van der Waals surface area contributed by atoms with E-state index >= 15 is 0 Å². The summed E-state index contributed by atoms with van der Waals surface area (Å²) in [6, 6.07) is 3.45. The number of nitrogens with two attached hydrogens (primary N) is 1. The summed E-state index contributed by atoms with van der Waals surface area (Å²) in [5, 5.41) is 5.72. The Morgan fingerprint density at radius 3 is 2.20 bits per heavy atom. The average molecular weight is 575 g/mol. The van der Waals surface area contributed by atoms with Gasteiger partial charge in [-0.15, -0.1) is 0 Å². The van der Waals surface area contributed by atoms with Crippen LogP contribution >= 0.6 is 0 Å². The summed E-state index contributed by atoms with van der Waals surface area (Å²) in [5.74, 6) is -0.930. The Bertz CT molecular complexity index is 1020. The lowest BCUT2D eigenvalue weighted by molar-refractivity contribution is -0.145. The topological polar surface area (TPSA) is 131 Å². The van der Waals surface area contributed by atoms with E-state index in [0.717, 1.165) is 42.4 Å². The number of nitrogens with zero attached hydrogens (tertiary/aromatic N) is 1. The number of ether oxygens (including phenoxy) is 1. The van der Waals surface area contributed by atoms with Crippen LogP contribution in [0.15, 0.2) is 18.2 Å². The fraction of sp³-hybridized carbons (Fsp3) is 0.688. The lowest BCUT2D eigenvalue weighted by atomic mass is 9.93. The van der Waals surface area contributed by atoms with Crippen LogP contribution < -0.4 is 16.4 Å². The lowest BCUT2D eigenvalue weighted by Gasteiger charge is -2.39. The zero-order chi connectivity index (χ0) is 31.3. The number of hydrogen-bond acceptors (Lipinski definition) is 5. The number of carbonyl (C=O) groups excluding carboxylic acids is 4. The van der Waals surface area contributed by atoms with Crippen LogP contribution in [0.1, 0.15) is 116 Å². The van der Waals surface area contributed by atoms with Gasteiger partial charge in [0.1, 0.15) is 17.7 Å². The normalized spacial score (nSPS) is 13.7. The Morgan fingerprint density at radius 1 is 1.00 bits per heavy atom. The predicted molar refractivity (Wildman–Crippen MR) is 163 cm³/mol. The van der Waals surface area contributed by atoms with Crippen molar-refractivity contribution in [1.29, 1.82) is 0 Å². The van der Waals surface area contributed by atoms with Crippen LogP contribution in [0.3, 0.4) is 0 Å². The van der Waals surface area contributed by atoms with Crippen LogP contribution in [0.4, 0.5) is 4.79 Å².